The molecule has 0 amide bonds. The fourth-order valence-electron chi connectivity index (χ4n) is 6.01. The van der Waals surface area contributed by atoms with Crippen LogP contribution in [0, 0.1) is 0 Å². The van der Waals surface area contributed by atoms with Crippen LogP contribution in [0.2, 0.25) is 0 Å². The van der Waals surface area contributed by atoms with E-state index in [1.807, 2.05) is 6.08 Å². The van der Waals surface area contributed by atoms with E-state index in [1.54, 1.807) is 21.1 Å². The number of quaternary nitrogens is 1. The third-order valence-electron chi connectivity index (χ3n) is 9.45. The van der Waals surface area contributed by atoms with E-state index in [-0.39, 0.29) is 43.1 Å². The summed E-state index contributed by atoms with van der Waals surface area (Å²) in [6.45, 7) is 4.54. The fourth-order valence-corrected chi connectivity index (χ4v) is 6.01. The molecule has 0 spiro atoms. The Hall–Kier alpha value is -2.97. The number of esters is 2. The van der Waals surface area contributed by atoms with E-state index >= 15 is 0 Å². The van der Waals surface area contributed by atoms with Crippen LogP contribution in [0.1, 0.15) is 168 Å². The van der Waals surface area contributed by atoms with E-state index in [0.717, 1.165) is 57.8 Å². The van der Waals surface area contributed by atoms with Gasteiger partial charge in [0.2, 0.25) is 0 Å². The Morgan fingerprint density at radius 2 is 1.07 bits per heavy atom. The second-order valence-electron chi connectivity index (χ2n) is 15.6. The number of ether oxygens (including phenoxy) is 3. The zero-order valence-electron chi connectivity index (χ0n) is 35.8. The van der Waals surface area contributed by atoms with E-state index in [4.69, 9.17) is 14.2 Å². The molecule has 0 aliphatic rings. The van der Waals surface area contributed by atoms with Crippen molar-refractivity contribution in [1.29, 1.82) is 0 Å². The maximum Gasteiger partial charge on any atom is 0.306 e. The zero-order chi connectivity index (χ0) is 40.7. The van der Waals surface area contributed by atoms with Gasteiger partial charge in [0.05, 0.1) is 40.3 Å². The highest BCUT2D eigenvalue weighted by Gasteiger charge is 2.25. The summed E-state index contributed by atoms with van der Waals surface area (Å²) in [5.74, 6) is -1.85. The number of carbonyl (C=O) groups is 3. The lowest BCUT2D eigenvalue weighted by Crippen LogP contribution is -2.55. The number of carboxylic acid groups (broad SMARTS) is 1. The Kier molecular flexibility index (Phi) is 35.9. The monoisotopic (exact) mass is 772 g/mol. The van der Waals surface area contributed by atoms with E-state index in [0.29, 0.717) is 12.8 Å². The Morgan fingerprint density at radius 1 is 0.564 bits per heavy atom. The van der Waals surface area contributed by atoms with Crippen molar-refractivity contribution in [2.24, 2.45) is 0 Å². The molecule has 0 aliphatic carbocycles. The van der Waals surface area contributed by atoms with Crippen LogP contribution < -0.4 is 5.11 Å². The highest BCUT2D eigenvalue weighted by molar-refractivity contribution is 5.70. The van der Waals surface area contributed by atoms with E-state index < -0.39 is 24.1 Å². The summed E-state index contributed by atoms with van der Waals surface area (Å²) in [7, 11) is 5.37. The van der Waals surface area contributed by atoms with Crippen LogP contribution in [-0.2, 0) is 28.6 Å². The van der Waals surface area contributed by atoms with Crippen LogP contribution in [0.5, 0.6) is 0 Å². The number of unbranched alkanes of at least 4 members (excludes halogenated alkanes) is 16. The molecule has 0 aromatic rings. The van der Waals surface area contributed by atoms with E-state index in [1.165, 1.54) is 70.6 Å². The molecule has 0 heterocycles. The quantitative estimate of drug-likeness (QED) is 0.0202. The molecule has 0 saturated heterocycles. The van der Waals surface area contributed by atoms with Gasteiger partial charge in [-0.3, -0.25) is 9.59 Å². The lowest BCUT2D eigenvalue weighted by Gasteiger charge is -2.34. The Labute approximate surface area is 337 Å². The first-order valence-corrected chi connectivity index (χ1v) is 21.8. The van der Waals surface area contributed by atoms with Crippen molar-refractivity contribution in [3.63, 3.8) is 0 Å². The number of likely N-dealkylation sites (N-methyl/N-ethyl adjacent to an activating group) is 1. The van der Waals surface area contributed by atoms with Gasteiger partial charge in [0, 0.05) is 19.3 Å². The predicted octanol–water partition coefficient (Wildman–Crippen LogP) is 10.5. The predicted molar refractivity (Wildman–Crippen MR) is 226 cm³/mol. The number of hydrogen-bond acceptors (Lipinski definition) is 7. The van der Waals surface area contributed by atoms with Crippen molar-refractivity contribution in [2.45, 2.75) is 180 Å². The molecular formula is C47H81NO7. The highest BCUT2D eigenvalue weighted by Crippen LogP contribution is 2.12. The minimum absolute atomic E-state index is 0.00923. The number of rotatable bonds is 38. The molecule has 316 valence electrons. The molecule has 0 aromatic heterocycles. The largest absolute Gasteiger partial charge is 0.544 e. The SMILES string of the molecule is CCCCCCC/C=C/C=C/C=C/CCCCCCCC(=O)OCC(COCCC(C(=O)[O-])[N+](C)(C)C)OC(=O)CC/C=C/C/C=C/CCCCCCCC. The van der Waals surface area contributed by atoms with Crippen molar-refractivity contribution >= 4 is 17.9 Å². The lowest BCUT2D eigenvalue weighted by atomic mass is 10.1. The number of aliphatic carboxylic acids is 1. The highest BCUT2D eigenvalue weighted by atomic mass is 16.6. The molecule has 8 heteroatoms. The standard InChI is InChI=1S/C47H81NO7/c1-6-8-10-12-14-16-18-20-21-22-23-24-26-27-29-31-33-35-37-45(49)54-42-43(41-53-40-39-44(47(51)52)48(3,4)5)55-46(50)38-36-34-32-30-28-25-19-17-15-13-11-9-7-2/h18,20-25,28,32,34,43-44H,6-17,19,26-27,29-31,33,35-42H2,1-5H3/b20-18+,22-21+,24-23+,28-25+,34-32+. The van der Waals surface area contributed by atoms with Crippen LogP contribution in [0.15, 0.2) is 60.8 Å². The minimum Gasteiger partial charge on any atom is -0.544 e. The number of hydrogen-bond donors (Lipinski definition) is 0. The summed E-state index contributed by atoms with van der Waals surface area (Å²) >= 11 is 0. The van der Waals surface area contributed by atoms with E-state index in [9.17, 15) is 19.5 Å². The van der Waals surface area contributed by atoms with Crippen LogP contribution >= 0.6 is 0 Å². The van der Waals surface area contributed by atoms with Gasteiger partial charge in [0.15, 0.2) is 6.10 Å². The average molecular weight is 772 g/mol. The lowest BCUT2D eigenvalue weighted by molar-refractivity contribution is -0.889. The number of nitrogens with zero attached hydrogens (tertiary/aromatic N) is 1. The molecule has 0 N–H and O–H groups in total. The van der Waals surface area contributed by atoms with Gasteiger partial charge in [-0.2, -0.15) is 0 Å². The second kappa shape index (κ2) is 37.9. The normalized spacial score (nSPS) is 13.5. The molecule has 2 unspecified atom stereocenters. The summed E-state index contributed by atoms with van der Waals surface area (Å²) in [5.41, 5.74) is 0. The molecule has 0 bridgehead atoms. The van der Waals surface area contributed by atoms with Crippen molar-refractivity contribution in [3.8, 4) is 0 Å². The Balaban J connectivity index is 4.46. The van der Waals surface area contributed by atoms with Gasteiger partial charge < -0.3 is 28.6 Å². The Bertz CT molecular complexity index is 1090. The minimum atomic E-state index is -1.14. The van der Waals surface area contributed by atoms with Crippen molar-refractivity contribution in [2.75, 3.05) is 41.0 Å². The molecule has 2 atom stereocenters. The van der Waals surface area contributed by atoms with Crippen LogP contribution in [0.3, 0.4) is 0 Å². The number of carbonyl (C=O) groups excluding carboxylic acids is 3. The summed E-state index contributed by atoms with van der Waals surface area (Å²) in [6, 6.07) is -0.739. The summed E-state index contributed by atoms with van der Waals surface area (Å²) < 4.78 is 17.1. The zero-order valence-corrected chi connectivity index (χ0v) is 35.8. The summed E-state index contributed by atoms with van der Waals surface area (Å²) in [5, 5.41) is 11.6. The van der Waals surface area contributed by atoms with Gasteiger partial charge in [-0.15, -0.1) is 0 Å². The summed E-state index contributed by atoms with van der Waals surface area (Å²) in [6.07, 6.45) is 45.4. The third kappa shape index (κ3) is 36.4. The molecule has 0 aliphatic heterocycles. The summed E-state index contributed by atoms with van der Waals surface area (Å²) in [4.78, 5) is 36.8. The molecule has 55 heavy (non-hydrogen) atoms. The topological polar surface area (TPSA) is 102 Å². The molecule has 8 nitrogen and oxygen atoms in total. The van der Waals surface area contributed by atoms with Crippen LogP contribution in [0.4, 0.5) is 0 Å². The molecule has 0 radical (unpaired) electrons. The van der Waals surface area contributed by atoms with Gasteiger partial charge in [0.1, 0.15) is 12.6 Å². The first kappa shape index (κ1) is 52.0. The fraction of sp³-hybridized carbons (Fsp3) is 0.723. The van der Waals surface area contributed by atoms with Gasteiger partial charge >= 0.3 is 11.9 Å². The smallest absolute Gasteiger partial charge is 0.306 e. The van der Waals surface area contributed by atoms with Gasteiger partial charge in [0.25, 0.3) is 0 Å². The van der Waals surface area contributed by atoms with Crippen LogP contribution in [0.25, 0.3) is 0 Å². The maximum absolute atomic E-state index is 12.6. The van der Waals surface area contributed by atoms with E-state index in [2.05, 4.69) is 68.5 Å². The maximum atomic E-state index is 12.6. The van der Waals surface area contributed by atoms with Gasteiger partial charge in [-0.05, 0) is 57.8 Å². The molecule has 0 aromatic carbocycles. The first-order valence-electron chi connectivity index (χ1n) is 21.8. The van der Waals surface area contributed by atoms with Crippen molar-refractivity contribution in [3.05, 3.63) is 60.8 Å². The molecule has 0 rings (SSSR count). The first-order chi connectivity index (χ1) is 26.6. The van der Waals surface area contributed by atoms with Gasteiger partial charge in [-0.25, -0.2) is 0 Å². The molecule has 0 fully saturated rings. The Morgan fingerprint density at radius 3 is 1.62 bits per heavy atom. The molecular weight excluding hydrogens is 691 g/mol. The van der Waals surface area contributed by atoms with Crippen molar-refractivity contribution < 1.29 is 38.2 Å². The number of carboxylic acids is 1. The third-order valence-corrected chi connectivity index (χ3v) is 9.45. The average Bonchev–Trinajstić information content (AvgIpc) is 3.14. The van der Waals surface area contributed by atoms with Gasteiger partial charge in [-0.1, -0.05) is 152 Å². The number of allylic oxidation sites excluding steroid dienone is 10. The van der Waals surface area contributed by atoms with Crippen molar-refractivity contribution in [1.82, 2.24) is 0 Å². The second-order valence-corrected chi connectivity index (χ2v) is 15.6. The molecule has 0 saturated carbocycles. The van der Waals surface area contributed by atoms with Crippen LogP contribution in [-0.4, -0.2) is 75.5 Å².